The minimum atomic E-state index is -4.73. The van der Waals surface area contributed by atoms with Crippen molar-refractivity contribution in [2.45, 2.75) is 77.4 Å². The van der Waals surface area contributed by atoms with E-state index in [0.29, 0.717) is 12.8 Å². The van der Waals surface area contributed by atoms with Gasteiger partial charge in [0.15, 0.2) is 6.04 Å². The summed E-state index contributed by atoms with van der Waals surface area (Å²) in [5.74, 6) is -2.69. The summed E-state index contributed by atoms with van der Waals surface area (Å²) in [4.78, 5) is 43.8. The van der Waals surface area contributed by atoms with Gasteiger partial charge in [-0.2, -0.15) is 0 Å². The Morgan fingerprint density at radius 3 is 1.67 bits per heavy atom. The smallest absolute Gasteiger partial charge is 0.472 e. The number of hydrogen-bond donors (Lipinski definition) is 4. The van der Waals surface area contributed by atoms with Crippen LogP contribution in [0.2, 0.25) is 0 Å². The molecular weight excluding hydrogens is 565 g/mol. The average molecular weight is 612 g/mol. The maximum absolute atomic E-state index is 12.1. The SMILES string of the molecule is CC/C=C\C/C=C\C/C=C\C/C=C\C/C=C\C/C=C\CCC(=O)NC(COP(=O)(O)OCC(O)COC(C)=O)C(=O)O. The third-order valence-electron chi connectivity index (χ3n) is 5.08. The Labute approximate surface area is 248 Å². The molecule has 0 aliphatic heterocycles. The Kier molecular flexibility index (Phi) is 23.7. The Morgan fingerprint density at radius 2 is 1.21 bits per heavy atom. The topological polar surface area (TPSA) is 169 Å². The van der Waals surface area contributed by atoms with Crippen LogP contribution in [0.15, 0.2) is 72.9 Å². The molecule has 0 bridgehead atoms. The number of aliphatic hydroxyl groups excluding tert-OH is 1. The Bertz CT molecular complexity index is 1000. The molecule has 0 aromatic carbocycles. The largest absolute Gasteiger partial charge is 0.480 e. The summed E-state index contributed by atoms with van der Waals surface area (Å²) in [6.45, 7) is 1.25. The van der Waals surface area contributed by atoms with Gasteiger partial charge >= 0.3 is 19.8 Å². The third-order valence-corrected chi connectivity index (χ3v) is 6.03. The van der Waals surface area contributed by atoms with Gasteiger partial charge in [-0.1, -0.05) is 79.8 Å². The lowest BCUT2D eigenvalue weighted by atomic mass is 10.2. The number of carboxylic acid groups (broad SMARTS) is 1. The molecule has 12 heteroatoms. The maximum Gasteiger partial charge on any atom is 0.472 e. The summed E-state index contributed by atoms with van der Waals surface area (Å²) >= 11 is 0. The second-order valence-electron chi connectivity index (χ2n) is 8.93. The number of nitrogens with one attached hydrogen (secondary N) is 1. The highest BCUT2D eigenvalue weighted by Crippen LogP contribution is 2.43. The zero-order valence-electron chi connectivity index (χ0n) is 24.5. The number of aliphatic hydroxyl groups is 1. The van der Waals surface area contributed by atoms with Crippen molar-refractivity contribution in [1.29, 1.82) is 0 Å². The zero-order valence-corrected chi connectivity index (χ0v) is 25.4. The van der Waals surface area contributed by atoms with Gasteiger partial charge in [-0.3, -0.25) is 18.6 Å². The van der Waals surface area contributed by atoms with E-state index in [1.165, 1.54) is 0 Å². The molecule has 0 heterocycles. The van der Waals surface area contributed by atoms with Gasteiger partial charge in [-0.05, 0) is 44.9 Å². The van der Waals surface area contributed by atoms with Crippen LogP contribution in [0.4, 0.5) is 0 Å². The van der Waals surface area contributed by atoms with Crippen LogP contribution in [0.3, 0.4) is 0 Å². The number of allylic oxidation sites excluding steroid dienone is 12. The number of phosphoric ester groups is 1. The predicted molar refractivity (Wildman–Crippen MR) is 161 cm³/mol. The van der Waals surface area contributed by atoms with Crippen molar-refractivity contribution < 1.29 is 47.8 Å². The molecule has 11 nitrogen and oxygen atoms in total. The number of hydrogen-bond acceptors (Lipinski definition) is 8. The number of ether oxygens (including phenoxy) is 1. The molecule has 0 radical (unpaired) electrons. The number of aliphatic carboxylic acids is 1. The Hall–Kier alpha value is -3.08. The van der Waals surface area contributed by atoms with E-state index in [-0.39, 0.29) is 6.42 Å². The molecule has 0 aliphatic rings. The van der Waals surface area contributed by atoms with E-state index >= 15 is 0 Å². The van der Waals surface area contributed by atoms with E-state index < -0.39 is 57.6 Å². The molecule has 0 aliphatic carbocycles. The highest BCUT2D eigenvalue weighted by atomic mass is 31.2. The molecule has 3 atom stereocenters. The van der Waals surface area contributed by atoms with Gasteiger partial charge in [0, 0.05) is 13.3 Å². The van der Waals surface area contributed by atoms with Crippen LogP contribution in [0.5, 0.6) is 0 Å². The molecule has 1 amide bonds. The number of carboxylic acids is 1. The first-order valence-corrected chi connectivity index (χ1v) is 15.4. The van der Waals surface area contributed by atoms with Gasteiger partial charge < -0.3 is 25.2 Å². The van der Waals surface area contributed by atoms with E-state index in [1.54, 1.807) is 0 Å². The Morgan fingerprint density at radius 1 is 0.762 bits per heavy atom. The first kappa shape index (κ1) is 38.9. The average Bonchev–Trinajstić information content (AvgIpc) is 2.94. The highest BCUT2D eigenvalue weighted by Gasteiger charge is 2.28. The summed E-state index contributed by atoms with van der Waals surface area (Å²) in [6, 6.07) is -1.59. The van der Waals surface area contributed by atoms with Crippen LogP contribution in [0.1, 0.15) is 65.2 Å². The summed E-state index contributed by atoms with van der Waals surface area (Å²) in [5.41, 5.74) is 0. The molecule has 4 N–H and O–H groups in total. The molecule has 42 heavy (non-hydrogen) atoms. The van der Waals surface area contributed by atoms with Crippen LogP contribution in [0.25, 0.3) is 0 Å². The molecule has 0 spiro atoms. The molecule has 236 valence electrons. The first-order valence-electron chi connectivity index (χ1n) is 13.9. The minimum Gasteiger partial charge on any atom is -0.480 e. The maximum atomic E-state index is 12.1. The number of amides is 1. The molecule has 3 unspecified atom stereocenters. The molecule has 0 saturated carbocycles. The van der Waals surface area contributed by atoms with Crippen LogP contribution < -0.4 is 5.32 Å². The lowest BCUT2D eigenvalue weighted by Gasteiger charge is -2.18. The van der Waals surface area contributed by atoms with Crippen molar-refractivity contribution in [3.05, 3.63) is 72.9 Å². The number of esters is 1. The quantitative estimate of drug-likeness (QED) is 0.0655. The van der Waals surface area contributed by atoms with E-state index in [2.05, 4.69) is 74.6 Å². The van der Waals surface area contributed by atoms with Crippen molar-refractivity contribution in [2.24, 2.45) is 0 Å². The van der Waals surface area contributed by atoms with Crippen molar-refractivity contribution in [3.63, 3.8) is 0 Å². The molecule has 0 fully saturated rings. The fourth-order valence-electron chi connectivity index (χ4n) is 2.94. The number of carbonyl (C=O) groups excluding carboxylic acids is 2. The molecule has 0 rings (SSSR count). The van der Waals surface area contributed by atoms with Crippen LogP contribution >= 0.6 is 7.82 Å². The Balaban J connectivity index is 4.13. The predicted octanol–water partition coefficient (Wildman–Crippen LogP) is 5.09. The second-order valence-corrected chi connectivity index (χ2v) is 10.4. The third kappa shape index (κ3) is 25.9. The highest BCUT2D eigenvalue weighted by molar-refractivity contribution is 7.47. The zero-order chi connectivity index (χ0) is 31.5. The van der Waals surface area contributed by atoms with Gasteiger partial charge in [-0.25, -0.2) is 9.36 Å². The van der Waals surface area contributed by atoms with Crippen molar-refractivity contribution in [2.75, 3.05) is 19.8 Å². The summed E-state index contributed by atoms with van der Waals surface area (Å²) < 4.78 is 25.6. The molecule has 0 saturated heterocycles. The van der Waals surface area contributed by atoms with E-state index in [1.807, 2.05) is 24.3 Å². The fraction of sp³-hybridized carbons (Fsp3) is 0.500. The van der Waals surface area contributed by atoms with Gasteiger partial charge in [0.05, 0.1) is 13.2 Å². The first-order chi connectivity index (χ1) is 20.1. The summed E-state index contributed by atoms with van der Waals surface area (Å²) in [7, 11) is -4.73. The van der Waals surface area contributed by atoms with Gasteiger partial charge in [-0.15, -0.1) is 0 Å². The number of rotatable bonds is 24. The van der Waals surface area contributed by atoms with Gasteiger partial charge in [0.1, 0.15) is 12.7 Å². The number of carbonyl (C=O) groups is 3. The minimum absolute atomic E-state index is 0.0154. The van der Waals surface area contributed by atoms with Crippen LogP contribution in [-0.4, -0.2) is 64.9 Å². The molecular formula is C30H46NO10P. The monoisotopic (exact) mass is 611 g/mol. The van der Waals surface area contributed by atoms with Crippen LogP contribution in [0, 0.1) is 0 Å². The summed E-state index contributed by atoms with van der Waals surface area (Å²) in [5, 5.41) is 21.0. The standard InChI is InChI=1S/C30H46NO10P/c1-3-4-5-6-7-8-9-10-11-12-13-14-15-16-17-18-19-20-21-22-29(34)31-28(30(35)36)25-41-42(37,38)40-24-27(33)23-39-26(2)32/h4-5,7-8,10-11,13-14,16-17,19-20,27-28,33H,3,6,9,12,15,18,21-25H2,1-2H3,(H,31,34)(H,35,36)(H,37,38)/b5-4-,8-7-,11-10-,14-13-,17-16-,20-19-. The normalized spacial score (nSPS) is 15.3. The second kappa shape index (κ2) is 25.6. The lowest BCUT2D eigenvalue weighted by molar-refractivity contribution is -0.144. The molecule has 0 aromatic rings. The summed E-state index contributed by atoms with van der Waals surface area (Å²) in [6.07, 6.45) is 29.3. The van der Waals surface area contributed by atoms with Crippen molar-refractivity contribution in [3.8, 4) is 0 Å². The number of phosphoric acid groups is 1. The van der Waals surface area contributed by atoms with Gasteiger partial charge in [0.2, 0.25) is 5.91 Å². The van der Waals surface area contributed by atoms with Crippen molar-refractivity contribution >= 4 is 25.7 Å². The fourth-order valence-corrected chi connectivity index (χ4v) is 3.72. The van der Waals surface area contributed by atoms with E-state index in [4.69, 9.17) is 0 Å². The van der Waals surface area contributed by atoms with E-state index in [0.717, 1.165) is 39.0 Å². The van der Waals surface area contributed by atoms with Gasteiger partial charge in [0.25, 0.3) is 0 Å². The molecule has 0 aromatic heterocycles. The lowest BCUT2D eigenvalue weighted by Crippen LogP contribution is -2.43. The van der Waals surface area contributed by atoms with Crippen LogP contribution in [-0.2, 0) is 32.7 Å². The van der Waals surface area contributed by atoms with E-state index in [9.17, 15) is 34.1 Å². The van der Waals surface area contributed by atoms with Crippen molar-refractivity contribution in [1.82, 2.24) is 5.32 Å².